The number of fused-ring (bicyclic) bond motifs is 1. The van der Waals surface area contributed by atoms with Crippen molar-refractivity contribution in [1.82, 2.24) is 9.29 Å². The van der Waals surface area contributed by atoms with Crippen LogP contribution in [-0.4, -0.2) is 41.9 Å². The van der Waals surface area contributed by atoms with Crippen LogP contribution in [0.2, 0.25) is 0 Å². The van der Waals surface area contributed by atoms with Gasteiger partial charge in [-0.1, -0.05) is 26.0 Å². The molecule has 0 fully saturated rings. The summed E-state index contributed by atoms with van der Waals surface area (Å²) in [4.78, 5) is 16.1. The van der Waals surface area contributed by atoms with Crippen LogP contribution < -0.4 is 0 Å². The second-order valence-electron chi connectivity index (χ2n) is 6.71. The topological polar surface area (TPSA) is 87.6 Å². The molecule has 0 saturated carbocycles. The average molecular weight is 452 g/mol. The Morgan fingerprint density at radius 1 is 1.06 bits per heavy atom. The molecule has 0 unspecified atom stereocenters. The van der Waals surface area contributed by atoms with Crippen LogP contribution in [-0.2, 0) is 16.2 Å². The van der Waals surface area contributed by atoms with Crippen molar-refractivity contribution in [3.05, 3.63) is 59.7 Å². The minimum atomic E-state index is -4.56. The zero-order valence-corrected chi connectivity index (χ0v) is 17.5. The van der Waals surface area contributed by atoms with Crippen LogP contribution in [0.3, 0.4) is 0 Å². The van der Waals surface area contributed by atoms with Crippen LogP contribution in [0.4, 0.5) is 13.2 Å². The van der Waals surface area contributed by atoms with Crippen LogP contribution in [0.1, 0.15) is 29.8 Å². The van der Waals surface area contributed by atoms with E-state index in [1.807, 2.05) is 0 Å². The Kier molecular flexibility index (Phi) is 6.06. The fourth-order valence-electron chi connectivity index (χ4n) is 3.26. The number of carboxylic acids is 1. The van der Waals surface area contributed by atoms with Gasteiger partial charge in [0.2, 0.25) is 10.0 Å². The molecule has 0 bridgehead atoms. The van der Waals surface area contributed by atoms with Gasteiger partial charge in [-0.05, 0) is 36.4 Å². The van der Waals surface area contributed by atoms with Crippen molar-refractivity contribution in [3.8, 4) is 11.3 Å². The van der Waals surface area contributed by atoms with Gasteiger partial charge < -0.3 is 5.11 Å². The highest BCUT2D eigenvalue weighted by Gasteiger charge is 2.30. The molecule has 3 aromatic rings. The van der Waals surface area contributed by atoms with Gasteiger partial charge >= 0.3 is 12.1 Å². The standard InChI is InChI=1S/C21H19F3N2O4S/c1-3-26(4-2)31(29,30)15-8-9-18-16(11-15)17(20(27)28)12-19(25-18)13-6-5-7-14(10-13)21(22,23)24/h5-12H,3-4H2,1-2H3,(H,27,28). The summed E-state index contributed by atoms with van der Waals surface area (Å²) in [5, 5.41) is 9.75. The highest BCUT2D eigenvalue weighted by molar-refractivity contribution is 7.89. The Labute approximate surface area is 177 Å². The van der Waals surface area contributed by atoms with E-state index in [0.29, 0.717) is 0 Å². The van der Waals surface area contributed by atoms with Crippen LogP contribution in [0, 0.1) is 0 Å². The van der Waals surface area contributed by atoms with E-state index >= 15 is 0 Å². The van der Waals surface area contributed by atoms with Crippen LogP contribution in [0.5, 0.6) is 0 Å². The second kappa shape index (κ2) is 8.27. The minimum Gasteiger partial charge on any atom is -0.478 e. The quantitative estimate of drug-likeness (QED) is 0.588. The summed E-state index contributed by atoms with van der Waals surface area (Å²) >= 11 is 0. The Hall–Kier alpha value is -2.98. The lowest BCUT2D eigenvalue weighted by Crippen LogP contribution is -2.30. The van der Waals surface area contributed by atoms with Gasteiger partial charge in [-0.2, -0.15) is 17.5 Å². The van der Waals surface area contributed by atoms with Crippen molar-refractivity contribution in [2.45, 2.75) is 24.9 Å². The van der Waals surface area contributed by atoms with E-state index in [1.54, 1.807) is 13.8 Å². The molecule has 0 saturated heterocycles. The number of sulfonamides is 1. The summed E-state index contributed by atoms with van der Waals surface area (Å²) < 4.78 is 66.0. The molecule has 0 radical (unpaired) electrons. The highest BCUT2D eigenvalue weighted by atomic mass is 32.2. The van der Waals surface area contributed by atoms with E-state index in [9.17, 15) is 31.5 Å². The monoisotopic (exact) mass is 452 g/mol. The van der Waals surface area contributed by atoms with Crippen LogP contribution >= 0.6 is 0 Å². The molecule has 2 aromatic carbocycles. The Morgan fingerprint density at radius 2 is 1.74 bits per heavy atom. The lowest BCUT2D eigenvalue weighted by molar-refractivity contribution is -0.137. The normalized spacial score (nSPS) is 12.5. The summed E-state index contributed by atoms with van der Waals surface area (Å²) in [5.41, 5.74) is -0.848. The van der Waals surface area contributed by atoms with Gasteiger partial charge in [-0.15, -0.1) is 0 Å². The molecule has 6 nitrogen and oxygen atoms in total. The first kappa shape index (κ1) is 22.7. The summed E-state index contributed by atoms with van der Waals surface area (Å²) in [6.07, 6.45) is -4.56. The van der Waals surface area contributed by atoms with Crippen LogP contribution in [0.15, 0.2) is 53.4 Å². The largest absolute Gasteiger partial charge is 0.478 e. The van der Waals surface area contributed by atoms with E-state index in [0.717, 1.165) is 18.2 Å². The molecule has 0 amide bonds. The van der Waals surface area contributed by atoms with Gasteiger partial charge in [0, 0.05) is 24.0 Å². The number of carbonyl (C=O) groups is 1. The summed E-state index contributed by atoms with van der Waals surface area (Å²) in [7, 11) is -3.83. The first-order valence-corrected chi connectivity index (χ1v) is 10.8. The van der Waals surface area contributed by atoms with Crippen molar-refractivity contribution in [2.24, 2.45) is 0 Å². The van der Waals surface area contributed by atoms with Gasteiger partial charge in [-0.3, -0.25) is 0 Å². The number of nitrogens with zero attached hydrogens (tertiary/aromatic N) is 2. The highest BCUT2D eigenvalue weighted by Crippen LogP contribution is 2.33. The van der Waals surface area contributed by atoms with E-state index in [1.165, 1.54) is 34.6 Å². The first-order chi connectivity index (χ1) is 14.5. The third-order valence-corrected chi connectivity index (χ3v) is 6.89. The summed E-state index contributed by atoms with van der Waals surface area (Å²) in [6.45, 7) is 3.87. The molecule has 0 aliphatic rings. The third kappa shape index (κ3) is 4.40. The fourth-order valence-corrected chi connectivity index (χ4v) is 4.74. The van der Waals surface area contributed by atoms with Crippen LogP contribution in [0.25, 0.3) is 22.2 Å². The predicted octanol–water partition coefficient (Wildman–Crippen LogP) is 4.65. The number of benzene rings is 2. The number of aromatic nitrogens is 1. The average Bonchev–Trinajstić information content (AvgIpc) is 2.72. The summed E-state index contributed by atoms with van der Waals surface area (Å²) in [6, 6.07) is 9.45. The van der Waals surface area contributed by atoms with Crippen molar-refractivity contribution in [1.29, 1.82) is 0 Å². The summed E-state index contributed by atoms with van der Waals surface area (Å²) in [5.74, 6) is -1.35. The number of hydrogen-bond donors (Lipinski definition) is 1. The number of aromatic carboxylic acids is 1. The van der Waals surface area contributed by atoms with Gasteiger partial charge in [0.05, 0.1) is 27.2 Å². The van der Waals surface area contributed by atoms with Gasteiger partial charge in [0.15, 0.2) is 0 Å². The molecule has 31 heavy (non-hydrogen) atoms. The van der Waals surface area contributed by atoms with Gasteiger partial charge in [0.1, 0.15) is 0 Å². The molecule has 0 aliphatic carbocycles. The van der Waals surface area contributed by atoms with Gasteiger partial charge in [0.25, 0.3) is 0 Å². The van der Waals surface area contributed by atoms with Crippen molar-refractivity contribution < 1.29 is 31.5 Å². The molecule has 1 heterocycles. The second-order valence-corrected chi connectivity index (χ2v) is 8.64. The molecule has 10 heteroatoms. The zero-order chi connectivity index (χ0) is 23.0. The Balaban J connectivity index is 2.21. The van der Waals surface area contributed by atoms with E-state index in [2.05, 4.69) is 4.98 Å². The molecule has 0 aliphatic heterocycles. The maximum absolute atomic E-state index is 13.0. The molecule has 1 aromatic heterocycles. The molecular weight excluding hydrogens is 433 g/mol. The van der Waals surface area contributed by atoms with Gasteiger partial charge in [-0.25, -0.2) is 18.2 Å². The number of carboxylic acid groups (broad SMARTS) is 1. The number of halogens is 3. The predicted molar refractivity (Wildman–Crippen MR) is 109 cm³/mol. The number of rotatable bonds is 6. The van der Waals surface area contributed by atoms with E-state index in [-0.39, 0.29) is 45.7 Å². The Bertz CT molecular complexity index is 1250. The molecular formula is C21H19F3N2O4S. The molecule has 0 atom stereocenters. The van der Waals surface area contributed by atoms with Crippen molar-refractivity contribution >= 4 is 26.9 Å². The molecule has 1 N–H and O–H groups in total. The van der Waals surface area contributed by atoms with Crippen molar-refractivity contribution in [3.63, 3.8) is 0 Å². The van der Waals surface area contributed by atoms with E-state index < -0.39 is 27.7 Å². The smallest absolute Gasteiger partial charge is 0.416 e. The Morgan fingerprint density at radius 3 is 2.32 bits per heavy atom. The SMILES string of the molecule is CCN(CC)S(=O)(=O)c1ccc2nc(-c3cccc(C(F)(F)F)c3)cc(C(=O)O)c2c1. The fraction of sp³-hybridized carbons (Fsp3) is 0.238. The zero-order valence-electron chi connectivity index (χ0n) is 16.6. The minimum absolute atomic E-state index is 0.0374. The lowest BCUT2D eigenvalue weighted by Gasteiger charge is -2.19. The number of hydrogen-bond acceptors (Lipinski definition) is 4. The maximum atomic E-state index is 13.0. The maximum Gasteiger partial charge on any atom is 0.416 e. The number of pyridine rings is 1. The molecule has 164 valence electrons. The first-order valence-electron chi connectivity index (χ1n) is 9.35. The lowest BCUT2D eigenvalue weighted by atomic mass is 10.0. The third-order valence-electron chi connectivity index (χ3n) is 4.84. The molecule has 0 spiro atoms. The number of alkyl halides is 3. The molecule has 3 rings (SSSR count). The van der Waals surface area contributed by atoms with E-state index in [4.69, 9.17) is 0 Å². The van der Waals surface area contributed by atoms with Crippen molar-refractivity contribution in [2.75, 3.05) is 13.1 Å².